The first-order valence-electron chi connectivity index (χ1n) is 5.92. The highest BCUT2D eigenvalue weighted by Gasteiger charge is 2.03. The minimum absolute atomic E-state index is 0.198. The van der Waals surface area contributed by atoms with Gasteiger partial charge in [-0.3, -0.25) is 0 Å². The van der Waals surface area contributed by atoms with Gasteiger partial charge in [0, 0.05) is 11.1 Å². The third-order valence-electron chi connectivity index (χ3n) is 2.43. The molecule has 0 fully saturated rings. The van der Waals surface area contributed by atoms with Crippen LogP contribution in [0, 0.1) is 6.92 Å². The molecule has 2 rings (SSSR count). The summed E-state index contributed by atoms with van der Waals surface area (Å²) in [5.74, 6) is 0.906. The van der Waals surface area contributed by atoms with Crippen LogP contribution in [0.2, 0.25) is 0 Å². The summed E-state index contributed by atoms with van der Waals surface area (Å²) in [5.41, 5.74) is 3.22. The molecule has 2 aromatic rings. The largest absolute Gasteiger partial charge is 0.491 e. The van der Waals surface area contributed by atoms with Crippen molar-refractivity contribution in [3.05, 3.63) is 34.8 Å². The van der Waals surface area contributed by atoms with Gasteiger partial charge in [0.15, 0.2) is 0 Å². The van der Waals surface area contributed by atoms with E-state index < -0.39 is 0 Å². The highest BCUT2D eigenvalue weighted by Crippen LogP contribution is 2.22. The van der Waals surface area contributed by atoms with Crippen LogP contribution >= 0.6 is 11.5 Å². The lowest BCUT2D eigenvalue weighted by Crippen LogP contribution is -2.06. The zero-order valence-corrected chi connectivity index (χ0v) is 11.6. The van der Waals surface area contributed by atoms with Crippen molar-refractivity contribution in [2.75, 3.05) is 5.32 Å². The number of ether oxygens (including phenoxy) is 1. The van der Waals surface area contributed by atoms with Crippen LogP contribution in [0.4, 0.5) is 5.69 Å². The van der Waals surface area contributed by atoms with Crippen LogP contribution in [0.15, 0.2) is 23.6 Å². The van der Waals surface area contributed by atoms with Crippen molar-refractivity contribution in [3.8, 4) is 5.75 Å². The van der Waals surface area contributed by atoms with Gasteiger partial charge in [-0.15, -0.1) is 5.10 Å². The predicted molar refractivity (Wildman–Crippen MR) is 74.2 cm³/mol. The Labute approximate surface area is 111 Å². The summed E-state index contributed by atoms with van der Waals surface area (Å²) in [7, 11) is 0. The molecule has 0 aliphatic carbocycles. The highest BCUT2D eigenvalue weighted by atomic mass is 32.1. The van der Waals surface area contributed by atoms with Crippen LogP contribution in [0.25, 0.3) is 0 Å². The Morgan fingerprint density at radius 1 is 1.39 bits per heavy atom. The molecule has 0 atom stereocenters. The normalized spacial score (nSPS) is 10.7. The van der Waals surface area contributed by atoms with Crippen LogP contribution < -0.4 is 10.1 Å². The van der Waals surface area contributed by atoms with Gasteiger partial charge in [-0.05, 0) is 56.1 Å². The molecule has 0 aliphatic rings. The maximum atomic E-state index is 5.65. The van der Waals surface area contributed by atoms with Crippen molar-refractivity contribution in [3.63, 3.8) is 0 Å². The Balaban J connectivity index is 2.01. The van der Waals surface area contributed by atoms with E-state index in [-0.39, 0.29) is 6.10 Å². The van der Waals surface area contributed by atoms with E-state index in [4.69, 9.17) is 4.74 Å². The number of aryl methyl sites for hydroxylation is 1. The molecule has 0 unspecified atom stereocenters. The zero-order valence-electron chi connectivity index (χ0n) is 10.8. The lowest BCUT2D eigenvalue weighted by Gasteiger charge is -2.13. The summed E-state index contributed by atoms with van der Waals surface area (Å²) in [4.78, 5) is 0. The lowest BCUT2D eigenvalue weighted by molar-refractivity contribution is 0.242. The number of aromatic nitrogens is 2. The van der Waals surface area contributed by atoms with Crippen molar-refractivity contribution in [2.24, 2.45) is 0 Å². The van der Waals surface area contributed by atoms with E-state index >= 15 is 0 Å². The molecule has 0 bridgehead atoms. The summed E-state index contributed by atoms with van der Waals surface area (Å²) < 4.78 is 9.49. The number of anilines is 1. The fraction of sp³-hybridized carbons (Fsp3) is 0.385. The minimum atomic E-state index is 0.198. The Kier molecular flexibility index (Phi) is 4.15. The average molecular weight is 263 g/mol. The molecule has 1 heterocycles. The molecule has 0 saturated heterocycles. The van der Waals surface area contributed by atoms with Gasteiger partial charge in [-0.2, -0.15) is 0 Å². The first-order chi connectivity index (χ1) is 8.65. The summed E-state index contributed by atoms with van der Waals surface area (Å²) in [6.45, 7) is 6.81. The Morgan fingerprint density at radius 2 is 2.22 bits per heavy atom. The number of hydrogen-bond donors (Lipinski definition) is 1. The summed E-state index contributed by atoms with van der Waals surface area (Å²) in [6, 6.07) is 6.06. The first kappa shape index (κ1) is 12.8. The fourth-order valence-electron chi connectivity index (χ4n) is 1.63. The van der Waals surface area contributed by atoms with Crippen molar-refractivity contribution >= 4 is 17.2 Å². The van der Waals surface area contributed by atoms with Crippen LogP contribution in [0.3, 0.4) is 0 Å². The third-order valence-corrected chi connectivity index (χ3v) is 2.99. The van der Waals surface area contributed by atoms with Crippen LogP contribution in [-0.2, 0) is 6.54 Å². The zero-order chi connectivity index (χ0) is 13.0. The lowest BCUT2D eigenvalue weighted by atomic mass is 10.2. The second-order valence-electron chi connectivity index (χ2n) is 4.39. The van der Waals surface area contributed by atoms with E-state index in [1.165, 1.54) is 11.5 Å². The Morgan fingerprint density at radius 3 is 2.83 bits per heavy atom. The van der Waals surface area contributed by atoms with Crippen molar-refractivity contribution < 1.29 is 4.74 Å². The maximum absolute atomic E-state index is 5.65. The van der Waals surface area contributed by atoms with E-state index in [0.717, 1.165) is 22.7 Å². The second-order valence-corrected chi connectivity index (χ2v) is 5.00. The van der Waals surface area contributed by atoms with Gasteiger partial charge in [0.05, 0.1) is 18.3 Å². The van der Waals surface area contributed by atoms with Gasteiger partial charge in [0.25, 0.3) is 0 Å². The van der Waals surface area contributed by atoms with Crippen molar-refractivity contribution in [1.29, 1.82) is 0 Å². The minimum Gasteiger partial charge on any atom is -0.491 e. The Hall–Kier alpha value is -1.62. The van der Waals surface area contributed by atoms with Crippen molar-refractivity contribution in [1.82, 2.24) is 9.59 Å². The number of rotatable bonds is 5. The molecule has 18 heavy (non-hydrogen) atoms. The molecule has 4 nitrogen and oxygen atoms in total. The molecule has 96 valence electrons. The summed E-state index contributed by atoms with van der Waals surface area (Å²) in [5, 5.41) is 9.29. The molecule has 0 saturated carbocycles. The maximum Gasteiger partial charge on any atom is 0.120 e. The van der Waals surface area contributed by atoms with Gasteiger partial charge < -0.3 is 10.1 Å². The average Bonchev–Trinajstić information content (AvgIpc) is 2.80. The molecule has 1 N–H and O–H groups in total. The van der Waals surface area contributed by atoms with Crippen LogP contribution in [0.5, 0.6) is 5.75 Å². The Bertz CT molecular complexity index is 497. The van der Waals surface area contributed by atoms with E-state index in [1.807, 2.05) is 37.4 Å². The van der Waals surface area contributed by atoms with E-state index in [2.05, 4.69) is 21.8 Å². The van der Waals surface area contributed by atoms with E-state index in [9.17, 15) is 0 Å². The van der Waals surface area contributed by atoms with Crippen LogP contribution in [0.1, 0.15) is 25.1 Å². The van der Waals surface area contributed by atoms with E-state index in [1.54, 1.807) is 0 Å². The monoisotopic (exact) mass is 263 g/mol. The molecule has 0 radical (unpaired) electrons. The number of nitrogens with zero attached hydrogens (tertiary/aromatic N) is 2. The SMILES string of the molecule is Cc1cc(OC(C)C)ccc1NCc1csnn1. The summed E-state index contributed by atoms with van der Waals surface area (Å²) >= 11 is 1.37. The predicted octanol–water partition coefficient (Wildman–Crippen LogP) is 3.25. The third kappa shape index (κ3) is 3.43. The molecular weight excluding hydrogens is 246 g/mol. The molecule has 1 aromatic heterocycles. The molecule has 5 heteroatoms. The van der Waals surface area contributed by atoms with Gasteiger partial charge in [0.1, 0.15) is 5.75 Å². The smallest absolute Gasteiger partial charge is 0.120 e. The quantitative estimate of drug-likeness (QED) is 0.899. The van der Waals surface area contributed by atoms with Gasteiger partial charge in [-0.25, -0.2) is 0 Å². The number of benzene rings is 1. The number of nitrogens with one attached hydrogen (secondary N) is 1. The van der Waals surface area contributed by atoms with Gasteiger partial charge in [-0.1, -0.05) is 4.49 Å². The van der Waals surface area contributed by atoms with Gasteiger partial charge >= 0.3 is 0 Å². The highest BCUT2D eigenvalue weighted by molar-refractivity contribution is 7.03. The van der Waals surface area contributed by atoms with E-state index in [0.29, 0.717) is 6.54 Å². The van der Waals surface area contributed by atoms with Crippen LogP contribution in [-0.4, -0.2) is 15.7 Å². The second kappa shape index (κ2) is 5.82. The van der Waals surface area contributed by atoms with Gasteiger partial charge in [0.2, 0.25) is 0 Å². The topological polar surface area (TPSA) is 47.0 Å². The molecule has 0 amide bonds. The number of hydrogen-bond acceptors (Lipinski definition) is 5. The summed E-state index contributed by atoms with van der Waals surface area (Å²) in [6.07, 6.45) is 0.198. The van der Waals surface area contributed by atoms with Crippen molar-refractivity contribution in [2.45, 2.75) is 33.4 Å². The fourth-order valence-corrected chi connectivity index (χ4v) is 2.08. The first-order valence-corrected chi connectivity index (χ1v) is 6.76. The molecule has 1 aromatic carbocycles. The molecular formula is C13H17N3OS. The molecule has 0 aliphatic heterocycles. The molecule has 0 spiro atoms. The standard InChI is InChI=1S/C13H17N3OS/c1-9(2)17-12-4-5-13(10(3)6-12)14-7-11-8-18-16-15-11/h4-6,8-9,14H,7H2,1-3H3.